The smallest absolute Gasteiger partial charge is 0.000167 e. The van der Waals surface area contributed by atoms with Gasteiger partial charge in [-0.3, -0.25) is 0 Å². The van der Waals surface area contributed by atoms with Crippen molar-refractivity contribution in [3.8, 4) is 0 Å². The molecule has 1 atom stereocenters. The van der Waals surface area contributed by atoms with E-state index < -0.39 is 0 Å². The zero-order valence-electron chi connectivity index (χ0n) is 13.7. The molecule has 0 radical (unpaired) electrons. The molecule has 2 N–H and O–H groups in total. The van der Waals surface area contributed by atoms with Crippen molar-refractivity contribution in [1.82, 2.24) is 0 Å². The maximum atomic E-state index is 6.04. The molecular formula is C20H27N. The molecule has 0 saturated carbocycles. The van der Waals surface area contributed by atoms with Gasteiger partial charge < -0.3 is 5.73 Å². The fourth-order valence-corrected chi connectivity index (χ4v) is 2.78. The lowest BCUT2D eigenvalue weighted by molar-refractivity contribution is 0.690. The monoisotopic (exact) mass is 281 g/mol. The third-order valence-electron chi connectivity index (χ3n) is 4.33. The van der Waals surface area contributed by atoms with Crippen LogP contribution in [0.15, 0.2) is 42.5 Å². The van der Waals surface area contributed by atoms with Crippen LogP contribution in [-0.4, -0.2) is 6.54 Å². The predicted molar refractivity (Wildman–Crippen MR) is 91.9 cm³/mol. The molecule has 0 aliphatic carbocycles. The fourth-order valence-electron chi connectivity index (χ4n) is 2.78. The molecule has 0 heterocycles. The summed E-state index contributed by atoms with van der Waals surface area (Å²) in [4.78, 5) is 0. The number of rotatable bonds is 5. The second kappa shape index (κ2) is 6.91. The molecule has 2 aromatic rings. The van der Waals surface area contributed by atoms with Crippen LogP contribution in [0.3, 0.4) is 0 Å². The lowest BCUT2D eigenvalue weighted by Gasteiger charge is -2.18. The topological polar surface area (TPSA) is 26.0 Å². The minimum Gasteiger partial charge on any atom is -0.330 e. The van der Waals surface area contributed by atoms with Crippen LogP contribution in [0.25, 0.3) is 0 Å². The van der Waals surface area contributed by atoms with Gasteiger partial charge >= 0.3 is 0 Å². The fraction of sp³-hybridized carbons (Fsp3) is 0.400. The maximum Gasteiger partial charge on any atom is 0.000167 e. The maximum absolute atomic E-state index is 6.04. The first-order chi connectivity index (χ1) is 10.0. The van der Waals surface area contributed by atoms with Crippen LogP contribution in [-0.2, 0) is 6.42 Å². The van der Waals surface area contributed by atoms with Crippen molar-refractivity contribution in [3.05, 3.63) is 70.3 Å². The van der Waals surface area contributed by atoms with Gasteiger partial charge in [-0.15, -0.1) is 0 Å². The molecule has 1 heteroatoms. The van der Waals surface area contributed by atoms with Gasteiger partial charge in [0.2, 0.25) is 0 Å². The molecule has 0 bridgehead atoms. The van der Waals surface area contributed by atoms with Crippen LogP contribution in [0.2, 0.25) is 0 Å². The van der Waals surface area contributed by atoms with E-state index in [1.807, 2.05) is 0 Å². The van der Waals surface area contributed by atoms with E-state index in [1.54, 1.807) is 0 Å². The zero-order chi connectivity index (χ0) is 15.4. The molecule has 0 aromatic heterocycles. The number of hydrogen-bond donors (Lipinski definition) is 1. The van der Waals surface area contributed by atoms with E-state index in [9.17, 15) is 0 Å². The van der Waals surface area contributed by atoms with Gasteiger partial charge in [-0.05, 0) is 55.0 Å². The molecule has 1 unspecified atom stereocenters. The molecule has 0 aliphatic heterocycles. The summed E-state index contributed by atoms with van der Waals surface area (Å²) in [5.41, 5.74) is 12.9. The van der Waals surface area contributed by atoms with Crippen molar-refractivity contribution < 1.29 is 0 Å². The van der Waals surface area contributed by atoms with Crippen molar-refractivity contribution in [3.63, 3.8) is 0 Å². The third-order valence-corrected chi connectivity index (χ3v) is 4.33. The van der Waals surface area contributed by atoms with E-state index in [0.717, 1.165) is 6.42 Å². The van der Waals surface area contributed by atoms with E-state index in [2.05, 4.69) is 70.2 Å². The van der Waals surface area contributed by atoms with Gasteiger partial charge in [-0.2, -0.15) is 0 Å². The van der Waals surface area contributed by atoms with Gasteiger partial charge in [0, 0.05) is 5.92 Å². The quantitative estimate of drug-likeness (QED) is 0.843. The molecule has 0 spiro atoms. The third kappa shape index (κ3) is 3.95. The molecule has 0 fully saturated rings. The SMILES string of the molecule is Cc1ccc(C)c(CC(CN)c2ccc(C(C)C)cc2)c1. The lowest BCUT2D eigenvalue weighted by atomic mass is 9.88. The molecule has 0 aliphatic rings. The molecule has 2 aromatic carbocycles. The summed E-state index contributed by atoms with van der Waals surface area (Å²) in [6.07, 6.45) is 1.02. The molecule has 0 saturated heterocycles. The summed E-state index contributed by atoms with van der Waals surface area (Å²) in [6.45, 7) is 9.48. The van der Waals surface area contributed by atoms with Gasteiger partial charge in [0.05, 0.1) is 0 Å². The Morgan fingerprint density at radius 2 is 1.52 bits per heavy atom. The Labute approximate surface area is 129 Å². The summed E-state index contributed by atoms with van der Waals surface area (Å²) in [5, 5.41) is 0. The van der Waals surface area contributed by atoms with Gasteiger partial charge in [0.1, 0.15) is 0 Å². The Hall–Kier alpha value is -1.60. The largest absolute Gasteiger partial charge is 0.330 e. The lowest BCUT2D eigenvalue weighted by Crippen LogP contribution is -2.15. The highest BCUT2D eigenvalue weighted by Crippen LogP contribution is 2.24. The van der Waals surface area contributed by atoms with Gasteiger partial charge in [0.15, 0.2) is 0 Å². The normalized spacial score (nSPS) is 12.7. The first kappa shape index (κ1) is 15.8. The number of hydrogen-bond acceptors (Lipinski definition) is 1. The molecule has 112 valence electrons. The summed E-state index contributed by atoms with van der Waals surface area (Å²) < 4.78 is 0. The van der Waals surface area contributed by atoms with Crippen LogP contribution < -0.4 is 5.73 Å². The van der Waals surface area contributed by atoms with E-state index in [0.29, 0.717) is 18.4 Å². The average Bonchev–Trinajstić information content (AvgIpc) is 2.48. The van der Waals surface area contributed by atoms with Crippen LogP contribution >= 0.6 is 0 Å². The zero-order valence-corrected chi connectivity index (χ0v) is 13.7. The van der Waals surface area contributed by atoms with Crippen molar-refractivity contribution in [2.24, 2.45) is 5.73 Å². The Kier molecular flexibility index (Phi) is 5.19. The Morgan fingerprint density at radius 3 is 2.10 bits per heavy atom. The Morgan fingerprint density at radius 1 is 0.905 bits per heavy atom. The predicted octanol–water partition coefficient (Wildman–Crippen LogP) is 4.71. The van der Waals surface area contributed by atoms with E-state index >= 15 is 0 Å². The van der Waals surface area contributed by atoms with Crippen molar-refractivity contribution >= 4 is 0 Å². The van der Waals surface area contributed by atoms with E-state index in [1.165, 1.54) is 27.8 Å². The first-order valence-electron chi connectivity index (χ1n) is 7.87. The van der Waals surface area contributed by atoms with Gasteiger partial charge in [0.25, 0.3) is 0 Å². The highest BCUT2D eigenvalue weighted by atomic mass is 14.5. The first-order valence-corrected chi connectivity index (χ1v) is 7.87. The molecular weight excluding hydrogens is 254 g/mol. The molecule has 0 amide bonds. The summed E-state index contributed by atoms with van der Waals surface area (Å²) in [5.74, 6) is 0.973. The second-order valence-corrected chi connectivity index (χ2v) is 6.39. The number of aryl methyl sites for hydroxylation is 2. The second-order valence-electron chi connectivity index (χ2n) is 6.39. The minimum atomic E-state index is 0.395. The van der Waals surface area contributed by atoms with E-state index in [-0.39, 0.29) is 0 Å². The van der Waals surface area contributed by atoms with Crippen LogP contribution in [0, 0.1) is 13.8 Å². The summed E-state index contributed by atoms with van der Waals surface area (Å²) in [6, 6.07) is 15.7. The summed E-state index contributed by atoms with van der Waals surface area (Å²) >= 11 is 0. The van der Waals surface area contributed by atoms with Crippen LogP contribution in [0.5, 0.6) is 0 Å². The van der Waals surface area contributed by atoms with Crippen LogP contribution in [0.4, 0.5) is 0 Å². The van der Waals surface area contributed by atoms with E-state index in [4.69, 9.17) is 5.73 Å². The number of nitrogens with two attached hydrogens (primary N) is 1. The number of benzene rings is 2. The standard InChI is InChI=1S/C20H27N/c1-14(2)17-7-9-18(10-8-17)20(13-21)12-19-11-15(3)5-6-16(19)4/h5-11,14,20H,12-13,21H2,1-4H3. The summed E-state index contributed by atoms with van der Waals surface area (Å²) in [7, 11) is 0. The highest BCUT2D eigenvalue weighted by molar-refractivity contribution is 5.34. The van der Waals surface area contributed by atoms with Gasteiger partial charge in [-0.1, -0.05) is 61.9 Å². The van der Waals surface area contributed by atoms with Crippen LogP contribution in [0.1, 0.15) is 53.5 Å². The molecule has 1 nitrogen and oxygen atoms in total. The van der Waals surface area contributed by atoms with Gasteiger partial charge in [-0.25, -0.2) is 0 Å². The Bertz CT molecular complexity index is 581. The molecule has 21 heavy (non-hydrogen) atoms. The minimum absolute atomic E-state index is 0.395. The van der Waals surface area contributed by atoms with Crippen molar-refractivity contribution in [2.45, 2.75) is 46.0 Å². The average molecular weight is 281 g/mol. The van der Waals surface area contributed by atoms with Crippen molar-refractivity contribution in [1.29, 1.82) is 0 Å². The Balaban J connectivity index is 2.21. The van der Waals surface area contributed by atoms with Crippen molar-refractivity contribution in [2.75, 3.05) is 6.54 Å². The highest BCUT2D eigenvalue weighted by Gasteiger charge is 2.12. The molecule has 2 rings (SSSR count).